The smallest absolute Gasteiger partial charge is 0.225 e. The van der Waals surface area contributed by atoms with Crippen molar-refractivity contribution >= 4 is 11.6 Å². The minimum absolute atomic E-state index is 0.201. The Balaban J connectivity index is 1.19. The lowest BCUT2D eigenvalue weighted by molar-refractivity contribution is 0.242. The summed E-state index contributed by atoms with van der Waals surface area (Å²) in [5.74, 6) is 2.16. The van der Waals surface area contributed by atoms with Gasteiger partial charge in [0.05, 0.1) is 19.4 Å². The van der Waals surface area contributed by atoms with Gasteiger partial charge in [-0.1, -0.05) is 6.07 Å². The Morgan fingerprint density at radius 2 is 1.71 bits per heavy atom. The van der Waals surface area contributed by atoms with Crippen LogP contribution in [0.4, 0.5) is 16.0 Å². The first-order valence-corrected chi connectivity index (χ1v) is 12.2. The van der Waals surface area contributed by atoms with Gasteiger partial charge in [0, 0.05) is 69.7 Å². The Morgan fingerprint density at radius 3 is 2.46 bits per heavy atom. The van der Waals surface area contributed by atoms with Gasteiger partial charge in [-0.2, -0.15) is 0 Å². The molecule has 2 aliphatic heterocycles. The van der Waals surface area contributed by atoms with E-state index >= 15 is 0 Å². The van der Waals surface area contributed by atoms with Crippen molar-refractivity contribution in [2.45, 2.75) is 26.4 Å². The number of piperazine rings is 1. The van der Waals surface area contributed by atoms with E-state index in [1.807, 2.05) is 31.3 Å². The predicted octanol–water partition coefficient (Wildman–Crippen LogP) is 3.91. The molecule has 7 nitrogen and oxygen atoms in total. The fraction of sp³-hybridized carbons (Fsp3) is 0.407. The molecule has 0 unspecified atom stereocenters. The molecule has 184 valence electrons. The summed E-state index contributed by atoms with van der Waals surface area (Å²) in [7, 11) is 1.68. The van der Waals surface area contributed by atoms with Gasteiger partial charge in [-0.25, -0.2) is 14.4 Å². The molecule has 1 fully saturated rings. The maximum Gasteiger partial charge on any atom is 0.225 e. The monoisotopic (exact) mass is 477 g/mol. The van der Waals surface area contributed by atoms with Gasteiger partial charge >= 0.3 is 0 Å². The number of hydrogen-bond donors (Lipinski definition) is 0. The third-order valence-electron chi connectivity index (χ3n) is 6.69. The van der Waals surface area contributed by atoms with Gasteiger partial charge in [-0.05, 0) is 48.9 Å². The first kappa shape index (κ1) is 23.4. The number of rotatable bonds is 7. The fourth-order valence-electron chi connectivity index (χ4n) is 4.81. The second kappa shape index (κ2) is 10.5. The highest BCUT2D eigenvalue weighted by Crippen LogP contribution is 2.29. The van der Waals surface area contributed by atoms with Crippen LogP contribution in [0.3, 0.4) is 0 Å². The van der Waals surface area contributed by atoms with Crippen molar-refractivity contribution in [2.75, 3.05) is 56.2 Å². The van der Waals surface area contributed by atoms with E-state index in [4.69, 9.17) is 19.4 Å². The van der Waals surface area contributed by atoms with Crippen molar-refractivity contribution in [2.24, 2.45) is 0 Å². The van der Waals surface area contributed by atoms with E-state index in [-0.39, 0.29) is 5.82 Å². The first-order valence-electron chi connectivity index (χ1n) is 12.2. The molecule has 2 aromatic carbocycles. The van der Waals surface area contributed by atoms with Gasteiger partial charge in [0.15, 0.2) is 11.5 Å². The van der Waals surface area contributed by atoms with Gasteiger partial charge in [-0.15, -0.1) is 0 Å². The zero-order valence-corrected chi connectivity index (χ0v) is 20.4. The molecule has 0 aliphatic carbocycles. The van der Waals surface area contributed by atoms with Crippen molar-refractivity contribution in [1.29, 1.82) is 0 Å². The Kier molecular flexibility index (Phi) is 6.99. The molecule has 5 rings (SSSR count). The van der Waals surface area contributed by atoms with Crippen molar-refractivity contribution in [3.05, 3.63) is 71.3 Å². The number of ether oxygens (including phenoxy) is 2. The van der Waals surface area contributed by atoms with E-state index in [2.05, 4.69) is 26.8 Å². The third-order valence-corrected chi connectivity index (χ3v) is 6.69. The Bertz CT molecular complexity index is 1150. The summed E-state index contributed by atoms with van der Waals surface area (Å²) in [5, 5.41) is 0. The van der Waals surface area contributed by atoms with E-state index < -0.39 is 0 Å². The molecule has 0 saturated carbocycles. The summed E-state index contributed by atoms with van der Waals surface area (Å²) in [6.45, 7) is 8.65. The summed E-state index contributed by atoms with van der Waals surface area (Å²) >= 11 is 0. The van der Waals surface area contributed by atoms with Crippen LogP contribution in [0.15, 0.2) is 48.7 Å². The molecule has 0 bridgehead atoms. The van der Waals surface area contributed by atoms with Gasteiger partial charge in [0.1, 0.15) is 5.82 Å². The molecule has 0 spiro atoms. The molecule has 0 N–H and O–H groups in total. The maximum atomic E-state index is 13.2. The lowest BCUT2D eigenvalue weighted by Gasteiger charge is -2.36. The number of aromatic nitrogens is 2. The minimum Gasteiger partial charge on any atom is -0.493 e. The number of anilines is 2. The maximum absolute atomic E-state index is 13.2. The van der Waals surface area contributed by atoms with Crippen LogP contribution in [0, 0.1) is 5.82 Å². The number of nitrogens with zero attached hydrogens (tertiary/aromatic N) is 5. The summed E-state index contributed by atoms with van der Waals surface area (Å²) < 4.78 is 24.4. The molecule has 3 heterocycles. The van der Waals surface area contributed by atoms with E-state index in [0.29, 0.717) is 6.61 Å². The lowest BCUT2D eigenvalue weighted by atomic mass is 10.1. The van der Waals surface area contributed by atoms with E-state index in [9.17, 15) is 4.39 Å². The summed E-state index contributed by atoms with van der Waals surface area (Å²) in [5.41, 5.74) is 4.60. The Labute approximate surface area is 206 Å². The molecule has 8 heteroatoms. The van der Waals surface area contributed by atoms with Gasteiger partial charge in [0.2, 0.25) is 5.95 Å². The number of fused-ring (bicyclic) bond motifs is 1. The van der Waals surface area contributed by atoms with E-state index in [1.54, 1.807) is 7.11 Å². The molecule has 35 heavy (non-hydrogen) atoms. The van der Waals surface area contributed by atoms with Crippen LogP contribution in [0.25, 0.3) is 0 Å². The normalized spacial score (nSPS) is 16.2. The second-order valence-electron chi connectivity index (χ2n) is 8.97. The molecule has 0 radical (unpaired) electrons. The first-order chi connectivity index (χ1) is 17.1. The van der Waals surface area contributed by atoms with Gasteiger partial charge < -0.3 is 19.3 Å². The predicted molar refractivity (Wildman–Crippen MR) is 135 cm³/mol. The second-order valence-corrected chi connectivity index (χ2v) is 8.97. The SMILES string of the molecule is CCOc1ccc(CN2CCc3nc(N4CCN(c5ccc(F)cc5)CC4)ncc3C2)cc1OC. The van der Waals surface area contributed by atoms with Crippen LogP contribution in [0.1, 0.15) is 23.7 Å². The average Bonchev–Trinajstić information content (AvgIpc) is 2.90. The molecular formula is C27H32FN5O2. The van der Waals surface area contributed by atoms with Crippen LogP contribution < -0.4 is 19.3 Å². The fourth-order valence-corrected chi connectivity index (χ4v) is 4.81. The summed E-state index contributed by atoms with van der Waals surface area (Å²) in [6.07, 6.45) is 2.91. The summed E-state index contributed by atoms with van der Waals surface area (Å²) in [4.78, 5) is 16.6. The van der Waals surface area contributed by atoms with E-state index in [0.717, 1.165) is 81.1 Å². The quantitative estimate of drug-likeness (QED) is 0.511. The van der Waals surface area contributed by atoms with Crippen LogP contribution >= 0.6 is 0 Å². The van der Waals surface area contributed by atoms with E-state index in [1.165, 1.54) is 23.3 Å². The van der Waals surface area contributed by atoms with Crippen molar-refractivity contribution in [1.82, 2.24) is 14.9 Å². The molecule has 0 atom stereocenters. The van der Waals surface area contributed by atoms with Crippen LogP contribution in [0.2, 0.25) is 0 Å². The number of hydrogen-bond acceptors (Lipinski definition) is 7. The third kappa shape index (κ3) is 5.32. The van der Waals surface area contributed by atoms with Crippen LogP contribution in [-0.2, 0) is 19.5 Å². The van der Waals surface area contributed by atoms with Crippen LogP contribution in [0.5, 0.6) is 11.5 Å². The van der Waals surface area contributed by atoms with Crippen molar-refractivity contribution in [3.63, 3.8) is 0 Å². The Morgan fingerprint density at radius 1 is 0.943 bits per heavy atom. The molecule has 0 amide bonds. The largest absolute Gasteiger partial charge is 0.493 e. The minimum atomic E-state index is -0.201. The molecular weight excluding hydrogens is 445 g/mol. The van der Waals surface area contributed by atoms with Crippen molar-refractivity contribution in [3.8, 4) is 11.5 Å². The van der Waals surface area contributed by atoms with Crippen LogP contribution in [-0.4, -0.2) is 61.3 Å². The highest BCUT2D eigenvalue weighted by Gasteiger charge is 2.23. The molecule has 1 saturated heterocycles. The van der Waals surface area contributed by atoms with Crippen molar-refractivity contribution < 1.29 is 13.9 Å². The number of methoxy groups -OCH3 is 1. The Hall–Kier alpha value is -3.39. The number of halogens is 1. The zero-order chi connectivity index (χ0) is 24.2. The topological polar surface area (TPSA) is 54.0 Å². The standard InChI is InChI=1S/C27H32FN5O2/c1-3-35-25-9-4-20(16-26(25)34-2)18-31-11-10-24-21(19-31)17-29-27(30-24)33-14-12-32(13-15-33)23-7-5-22(28)6-8-23/h4-9,16-17H,3,10-15,18-19H2,1-2H3. The molecule has 1 aromatic heterocycles. The highest BCUT2D eigenvalue weighted by atomic mass is 19.1. The molecule has 3 aromatic rings. The zero-order valence-electron chi connectivity index (χ0n) is 20.4. The summed E-state index contributed by atoms with van der Waals surface area (Å²) in [6, 6.07) is 12.9. The van der Waals surface area contributed by atoms with Gasteiger partial charge in [-0.3, -0.25) is 4.90 Å². The average molecular weight is 478 g/mol. The van der Waals surface area contributed by atoms with Gasteiger partial charge in [0.25, 0.3) is 0 Å². The number of benzene rings is 2. The highest BCUT2D eigenvalue weighted by molar-refractivity contribution is 5.48. The molecule has 2 aliphatic rings. The lowest BCUT2D eigenvalue weighted by Crippen LogP contribution is -2.47.